The summed E-state index contributed by atoms with van der Waals surface area (Å²) in [5.41, 5.74) is 5.73. The second-order valence-corrected chi connectivity index (χ2v) is 6.73. The standard InChI is InChI=1S/C13H19ClN2OS.ClH/c1-16(8-10-5-6-12(14)18-10)13(17)11-4-2-3-9(11)7-15;/h5-6,9,11H,2-4,7-8,15H2,1H3;1H/t9-,11-;/m1./s1. The minimum Gasteiger partial charge on any atom is -0.340 e. The van der Waals surface area contributed by atoms with Crippen LogP contribution in [0.1, 0.15) is 24.1 Å². The lowest BCUT2D eigenvalue weighted by Gasteiger charge is -2.24. The van der Waals surface area contributed by atoms with E-state index < -0.39 is 0 Å². The maximum Gasteiger partial charge on any atom is 0.226 e. The number of carbonyl (C=O) groups is 1. The van der Waals surface area contributed by atoms with Crippen LogP contribution < -0.4 is 5.73 Å². The number of nitrogens with two attached hydrogens (primary N) is 1. The van der Waals surface area contributed by atoms with E-state index in [0.717, 1.165) is 28.5 Å². The van der Waals surface area contributed by atoms with Crippen LogP contribution in [0.15, 0.2) is 12.1 Å². The van der Waals surface area contributed by atoms with Crippen molar-refractivity contribution in [3.63, 3.8) is 0 Å². The van der Waals surface area contributed by atoms with Crippen molar-refractivity contribution in [2.24, 2.45) is 17.6 Å². The van der Waals surface area contributed by atoms with Crippen molar-refractivity contribution in [2.45, 2.75) is 25.8 Å². The van der Waals surface area contributed by atoms with Crippen LogP contribution in [0.5, 0.6) is 0 Å². The highest BCUT2D eigenvalue weighted by Gasteiger charge is 2.33. The largest absolute Gasteiger partial charge is 0.340 e. The Morgan fingerprint density at radius 3 is 2.84 bits per heavy atom. The Balaban J connectivity index is 0.00000180. The van der Waals surface area contributed by atoms with E-state index in [-0.39, 0.29) is 24.2 Å². The summed E-state index contributed by atoms with van der Waals surface area (Å²) >= 11 is 7.42. The topological polar surface area (TPSA) is 46.3 Å². The van der Waals surface area contributed by atoms with Crippen LogP contribution in [0, 0.1) is 11.8 Å². The number of carbonyl (C=O) groups excluding carboxylic acids is 1. The molecule has 6 heteroatoms. The molecular formula is C13H20Cl2N2OS. The van der Waals surface area contributed by atoms with Crippen molar-refractivity contribution in [2.75, 3.05) is 13.6 Å². The lowest BCUT2D eigenvalue weighted by atomic mass is 9.95. The van der Waals surface area contributed by atoms with Gasteiger partial charge < -0.3 is 10.6 Å². The van der Waals surface area contributed by atoms with E-state index in [1.807, 2.05) is 19.2 Å². The molecule has 1 aromatic rings. The van der Waals surface area contributed by atoms with Gasteiger partial charge in [0.15, 0.2) is 0 Å². The third kappa shape index (κ3) is 4.09. The van der Waals surface area contributed by atoms with Gasteiger partial charge in [0.2, 0.25) is 5.91 Å². The first-order valence-electron chi connectivity index (χ1n) is 6.31. The van der Waals surface area contributed by atoms with Crippen LogP contribution in [0.25, 0.3) is 0 Å². The van der Waals surface area contributed by atoms with Gasteiger partial charge >= 0.3 is 0 Å². The normalized spacial score (nSPS) is 22.1. The Labute approximate surface area is 129 Å². The number of hydrogen-bond acceptors (Lipinski definition) is 3. The Hall–Kier alpha value is -0.290. The summed E-state index contributed by atoms with van der Waals surface area (Å²) < 4.78 is 0.770. The third-order valence-electron chi connectivity index (χ3n) is 3.68. The second-order valence-electron chi connectivity index (χ2n) is 4.93. The molecule has 0 unspecified atom stereocenters. The summed E-state index contributed by atoms with van der Waals surface area (Å²) in [6.45, 7) is 1.26. The summed E-state index contributed by atoms with van der Waals surface area (Å²) in [5, 5.41) is 0. The molecule has 0 spiro atoms. The summed E-state index contributed by atoms with van der Waals surface area (Å²) in [6.07, 6.45) is 3.19. The minimum absolute atomic E-state index is 0. The molecule has 1 fully saturated rings. The molecule has 1 heterocycles. The number of rotatable bonds is 4. The molecule has 108 valence electrons. The zero-order valence-corrected chi connectivity index (χ0v) is 13.4. The predicted octanol–water partition coefficient (Wildman–Crippen LogP) is 3.16. The van der Waals surface area contributed by atoms with Gasteiger partial charge in [0, 0.05) is 17.8 Å². The number of hydrogen-bond donors (Lipinski definition) is 1. The molecule has 2 N–H and O–H groups in total. The van der Waals surface area contributed by atoms with E-state index in [4.69, 9.17) is 17.3 Å². The number of amides is 1. The maximum absolute atomic E-state index is 12.4. The molecule has 0 aromatic carbocycles. The van der Waals surface area contributed by atoms with E-state index in [0.29, 0.717) is 19.0 Å². The van der Waals surface area contributed by atoms with E-state index in [1.54, 1.807) is 4.90 Å². The van der Waals surface area contributed by atoms with Crippen LogP contribution in [0.4, 0.5) is 0 Å². The molecule has 1 amide bonds. The van der Waals surface area contributed by atoms with Crippen LogP contribution in [-0.4, -0.2) is 24.4 Å². The molecule has 2 atom stereocenters. The first-order chi connectivity index (χ1) is 8.61. The molecule has 1 aromatic heterocycles. The van der Waals surface area contributed by atoms with Gasteiger partial charge in [-0.2, -0.15) is 0 Å². The summed E-state index contributed by atoms with van der Waals surface area (Å²) in [5.74, 6) is 0.717. The van der Waals surface area contributed by atoms with Crippen molar-refractivity contribution < 1.29 is 4.79 Å². The first kappa shape index (κ1) is 16.8. The van der Waals surface area contributed by atoms with Crippen LogP contribution in [-0.2, 0) is 11.3 Å². The highest BCUT2D eigenvalue weighted by molar-refractivity contribution is 7.16. The van der Waals surface area contributed by atoms with Gasteiger partial charge in [-0.3, -0.25) is 4.79 Å². The molecular weight excluding hydrogens is 303 g/mol. The van der Waals surface area contributed by atoms with E-state index in [2.05, 4.69) is 0 Å². The van der Waals surface area contributed by atoms with Gasteiger partial charge in [-0.25, -0.2) is 0 Å². The molecule has 2 rings (SSSR count). The zero-order chi connectivity index (χ0) is 13.1. The van der Waals surface area contributed by atoms with E-state index in [1.165, 1.54) is 11.3 Å². The van der Waals surface area contributed by atoms with E-state index in [9.17, 15) is 4.79 Å². The third-order valence-corrected chi connectivity index (χ3v) is 4.89. The first-order valence-corrected chi connectivity index (χ1v) is 7.50. The molecule has 1 aliphatic carbocycles. The Morgan fingerprint density at radius 2 is 2.26 bits per heavy atom. The Bertz CT molecular complexity index is 425. The van der Waals surface area contributed by atoms with Gasteiger partial charge in [0.25, 0.3) is 0 Å². The quantitative estimate of drug-likeness (QED) is 0.925. The average molecular weight is 323 g/mol. The molecule has 3 nitrogen and oxygen atoms in total. The van der Waals surface area contributed by atoms with Crippen LogP contribution >= 0.6 is 35.3 Å². The maximum atomic E-state index is 12.4. The summed E-state index contributed by atoms with van der Waals surface area (Å²) in [6, 6.07) is 3.85. The molecule has 19 heavy (non-hydrogen) atoms. The summed E-state index contributed by atoms with van der Waals surface area (Å²) in [7, 11) is 1.86. The molecule has 0 bridgehead atoms. The van der Waals surface area contributed by atoms with Gasteiger partial charge in [-0.1, -0.05) is 18.0 Å². The van der Waals surface area contributed by atoms with Gasteiger partial charge in [0.05, 0.1) is 10.9 Å². The van der Waals surface area contributed by atoms with Crippen molar-refractivity contribution >= 4 is 41.3 Å². The Kier molecular flexibility index (Phi) is 6.60. The highest BCUT2D eigenvalue weighted by Crippen LogP contribution is 2.32. The Morgan fingerprint density at radius 1 is 1.53 bits per heavy atom. The lowest BCUT2D eigenvalue weighted by Crippen LogP contribution is -2.36. The average Bonchev–Trinajstić information content (AvgIpc) is 2.96. The fourth-order valence-electron chi connectivity index (χ4n) is 2.68. The van der Waals surface area contributed by atoms with Gasteiger partial charge in [-0.15, -0.1) is 23.7 Å². The van der Waals surface area contributed by atoms with Crippen molar-refractivity contribution in [1.29, 1.82) is 0 Å². The monoisotopic (exact) mass is 322 g/mol. The molecule has 1 aliphatic rings. The highest BCUT2D eigenvalue weighted by atomic mass is 35.5. The smallest absolute Gasteiger partial charge is 0.226 e. The lowest BCUT2D eigenvalue weighted by molar-refractivity contribution is -0.135. The predicted molar refractivity (Wildman–Crippen MR) is 82.9 cm³/mol. The van der Waals surface area contributed by atoms with Crippen molar-refractivity contribution in [1.82, 2.24) is 4.90 Å². The van der Waals surface area contributed by atoms with Gasteiger partial charge in [0.1, 0.15) is 0 Å². The molecule has 0 aliphatic heterocycles. The SMILES string of the molecule is CN(Cc1ccc(Cl)s1)C(=O)[C@@H]1CCC[C@@H]1CN.Cl. The van der Waals surface area contributed by atoms with Crippen LogP contribution in [0.3, 0.4) is 0 Å². The number of thiophene rings is 1. The minimum atomic E-state index is 0. The van der Waals surface area contributed by atoms with Crippen molar-refractivity contribution in [3.05, 3.63) is 21.3 Å². The molecule has 1 saturated carbocycles. The zero-order valence-electron chi connectivity index (χ0n) is 11.0. The second kappa shape index (κ2) is 7.48. The summed E-state index contributed by atoms with van der Waals surface area (Å²) in [4.78, 5) is 15.3. The number of nitrogens with zero attached hydrogens (tertiary/aromatic N) is 1. The van der Waals surface area contributed by atoms with Gasteiger partial charge in [-0.05, 0) is 37.4 Å². The molecule has 0 radical (unpaired) electrons. The fourth-order valence-corrected chi connectivity index (χ4v) is 3.82. The van der Waals surface area contributed by atoms with E-state index >= 15 is 0 Å². The fraction of sp³-hybridized carbons (Fsp3) is 0.615. The van der Waals surface area contributed by atoms with Crippen molar-refractivity contribution in [3.8, 4) is 0 Å². The van der Waals surface area contributed by atoms with Crippen LogP contribution in [0.2, 0.25) is 4.34 Å². The molecule has 0 saturated heterocycles. The number of halogens is 2.